The van der Waals surface area contributed by atoms with Crippen LogP contribution in [-0.4, -0.2) is 12.6 Å². The van der Waals surface area contributed by atoms with Crippen LogP contribution in [0.3, 0.4) is 0 Å². The Bertz CT molecular complexity index is 167. The number of hydrogen-bond donors (Lipinski definition) is 1. The van der Waals surface area contributed by atoms with Crippen molar-refractivity contribution in [1.82, 2.24) is 5.32 Å². The molecular weight excluding hydrogens is 194 g/mol. The molecule has 0 aromatic rings. The molecule has 1 rings (SSSR count). The van der Waals surface area contributed by atoms with Gasteiger partial charge < -0.3 is 5.32 Å². The van der Waals surface area contributed by atoms with Gasteiger partial charge in [0.2, 0.25) is 0 Å². The standard InChI is InChI=1S/C15H31N/c1-4-7-13-9-10-15(16-11-6-3)14(12-13)8-5-2/h13-16H,4-12H2,1-3H3. The van der Waals surface area contributed by atoms with Gasteiger partial charge in [0.1, 0.15) is 0 Å². The molecule has 1 aliphatic rings. The molecule has 1 heteroatoms. The molecule has 1 N–H and O–H groups in total. The minimum Gasteiger partial charge on any atom is -0.314 e. The molecule has 1 saturated carbocycles. The summed E-state index contributed by atoms with van der Waals surface area (Å²) in [5, 5.41) is 3.77. The van der Waals surface area contributed by atoms with Crippen molar-refractivity contribution in [1.29, 1.82) is 0 Å². The largest absolute Gasteiger partial charge is 0.314 e. The van der Waals surface area contributed by atoms with Gasteiger partial charge >= 0.3 is 0 Å². The Hall–Kier alpha value is -0.0400. The lowest BCUT2D eigenvalue weighted by molar-refractivity contribution is 0.185. The third-order valence-corrected chi connectivity index (χ3v) is 4.10. The van der Waals surface area contributed by atoms with Gasteiger partial charge in [-0.3, -0.25) is 0 Å². The minimum absolute atomic E-state index is 0.827. The molecular formula is C15H31N. The van der Waals surface area contributed by atoms with E-state index in [1.807, 2.05) is 0 Å². The third kappa shape index (κ3) is 4.45. The average molecular weight is 225 g/mol. The summed E-state index contributed by atoms with van der Waals surface area (Å²) in [5.41, 5.74) is 0. The molecule has 96 valence electrons. The zero-order valence-corrected chi connectivity index (χ0v) is 11.6. The number of hydrogen-bond acceptors (Lipinski definition) is 1. The van der Waals surface area contributed by atoms with Crippen LogP contribution in [0.1, 0.15) is 72.1 Å². The zero-order chi connectivity index (χ0) is 11.8. The normalized spacial score (nSPS) is 30.6. The van der Waals surface area contributed by atoms with Crippen LogP contribution in [0.4, 0.5) is 0 Å². The zero-order valence-electron chi connectivity index (χ0n) is 11.6. The van der Waals surface area contributed by atoms with E-state index in [-0.39, 0.29) is 0 Å². The van der Waals surface area contributed by atoms with Crippen molar-refractivity contribution in [3.8, 4) is 0 Å². The summed E-state index contributed by atoms with van der Waals surface area (Å²) in [6.45, 7) is 8.14. The lowest BCUT2D eigenvalue weighted by Gasteiger charge is -2.37. The topological polar surface area (TPSA) is 12.0 Å². The van der Waals surface area contributed by atoms with Crippen molar-refractivity contribution in [2.45, 2.75) is 78.2 Å². The molecule has 3 atom stereocenters. The van der Waals surface area contributed by atoms with Crippen LogP contribution in [-0.2, 0) is 0 Å². The lowest BCUT2D eigenvalue weighted by Crippen LogP contribution is -2.41. The Morgan fingerprint density at radius 1 is 0.938 bits per heavy atom. The molecule has 0 amide bonds. The van der Waals surface area contributed by atoms with Crippen LogP contribution in [0, 0.1) is 11.8 Å². The first-order chi connectivity index (χ1) is 7.81. The molecule has 0 bridgehead atoms. The van der Waals surface area contributed by atoms with E-state index in [0.29, 0.717) is 0 Å². The Kier molecular flexibility index (Phi) is 7.11. The van der Waals surface area contributed by atoms with E-state index in [0.717, 1.165) is 17.9 Å². The summed E-state index contributed by atoms with van der Waals surface area (Å²) >= 11 is 0. The molecule has 1 aliphatic carbocycles. The molecule has 1 nitrogen and oxygen atoms in total. The molecule has 0 aromatic heterocycles. The highest BCUT2D eigenvalue weighted by molar-refractivity contribution is 4.84. The fraction of sp³-hybridized carbons (Fsp3) is 1.00. The van der Waals surface area contributed by atoms with Gasteiger partial charge in [-0.05, 0) is 50.5 Å². The van der Waals surface area contributed by atoms with Crippen LogP contribution in [0.25, 0.3) is 0 Å². The second-order valence-corrected chi connectivity index (χ2v) is 5.58. The predicted octanol–water partition coefficient (Wildman–Crippen LogP) is 4.37. The van der Waals surface area contributed by atoms with E-state index < -0.39 is 0 Å². The maximum absolute atomic E-state index is 3.77. The van der Waals surface area contributed by atoms with Gasteiger partial charge in [-0.1, -0.05) is 40.0 Å². The van der Waals surface area contributed by atoms with Crippen molar-refractivity contribution >= 4 is 0 Å². The van der Waals surface area contributed by atoms with Crippen molar-refractivity contribution in [3.05, 3.63) is 0 Å². The fourth-order valence-electron chi connectivity index (χ4n) is 3.32. The highest BCUT2D eigenvalue weighted by atomic mass is 14.9. The molecule has 0 heterocycles. The summed E-state index contributed by atoms with van der Waals surface area (Å²) in [5.74, 6) is 1.99. The molecule has 0 spiro atoms. The number of rotatable bonds is 7. The third-order valence-electron chi connectivity index (χ3n) is 4.10. The van der Waals surface area contributed by atoms with Crippen LogP contribution < -0.4 is 5.32 Å². The van der Waals surface area contributed by atoms with Gasteiger partial charge in [0, 0.05) is 6.04 Å². The van der Waals surface area contributed by atoms with Gasteiger partial charge in [-0.25, -0.2) is 0 Å². The van der Waals surface area contributed by atoms with Gasteiger partial charge in [0.05, 0.1) is 0 Å². The van der Waals surface area contributed by atoms with E-state index in [1.165, 1.54) is 57.9 Å². The molecule has 0 aromatic carbocycles. The Morgan fingerprint density at radius 2 is 1.69 bits per heavy atom. The SMILES string of the molecule is CCCNC1CCC(CCC)CC1CCC. The maximum atomic E-state index is 3.77. The summed E-state index contributed by atoms with van der Waals surface area (Å²) < 4.78 is 0. The average Bonchev–Trinajstić information content (AvgIpc) is 2.29. The highest BCUT2D eigenvalue weighted by Gasteiger charge is 2.28. The second-order valence-electron chi connectivity index (χ2n) is 5.58. The molecule has 0 aliphatic heterocycles. The highest BCUT2D eigenvalue weighted by Crippen LogP contribution is 2.34. The van der Waals surface area contributed by atoms with Gasteiger partial charge in [0.15, 0.2) is 0 Å². The minimum atomic E-state index is 0.827. The monoisotopic (exact) mass is 225 g/mol. The lowest BCUT2D eigenvalue weighted by atomic mass is 9.74. The number of nitrogens with one attached hydrogen (secondary N) is 1. The Balaban J connectivity index is 2.39. The first kappa shape index (κ1) is 14.0. The van der Waals surface area contributed by atoms with Crippen molar-refractivity contribution < 1.29 is 0 Å². The predicted molar refractivity (Wildman–Crippen MR) is 72.7 cm³/mol. The van der Waals surface area contributed by atoms with E-state index in [1.54, 1.807) is 0 Å². The molecule has 0 radical (unpaired) electrons. The Labute approximate surface area is 102 Å². The fourth-order valence-corrected chi connectivity index (χ4v) is 3.32. The quantitative estimate of drug-likeness (QED) is 0.678. The van der Waals surface area contributed by atoms with E-state index in [2.05, 4.69) is 26.1 Å². The summed E-state index contributed by atoms with van der Waals surface area (Å²) in [6, 6.07) is 0.827. The smallest absolute Gasteiger partial charge is 0.00955 e. The first-order valence-electron chi connectivity index (χ1n) is 7.55. The van der Waals surface area contributed by atoms with Gasteiger partial charge in [-0.15, -0.1) is 0 Å². The van der Waals surface area contributed by atoms with Crippen molar-refractivity contribution in [2.75, 3.05) is 6.54 Å². The van der Waals surface area contributed by atoms with E-state index in [9.17, 15) is 0 Å². The van der Waals surface area contributed by atoms with Gasteiger partial charge in [0.25, 0.3) is 0 Å². The molecule has 0 saturated heterocycles. The summed E-state index contributed by atoms with van der Waals surface area (Å²) in [7, 11) is 0. The van der Waals surface area contributed by atoms with E-state index in [4.69, 9.17) is 0 Å². The van der Waals surface area contributed by atoms with Crippen LogP contribution in [0.5, 0.6) is 0 Å². The first-order valence-corrected chi connectivity index (χ1v) is 7.55. The van der Waals surface area contributed by atoms with Crippen LogP contribution in [0.2, 0.25) is 0 Å². The van der Waals surface area contributed by atoms with Crippen LogP contribution in [0.15, 0.2) is 0 Å². The summed E-state index contributed by atoms with van der Waals surface area (Å²) in [4.78, 5) is 0. The second kappa shape index (κ2) is 8.11. The van der Waals surface area contributed by atoms with Gasteiger partial charge in [-0.2, -0.15) is 0 Å². The van der Waals surface area contributed by atoms with Crippen molar-refractivity contribution in [2.24, 2.45) is 11.8 Å². The van der Waals surface area contributed by atoms with E-state index >= 15 is 0 Å². The Morgan fingerprint density at radius 3 is 2.31 bits per heavy atom. The summed E-state index contributed by atoms with van der Waals surface area (Å²) in [6.07, 6.45) is 11.3. The van der Waals surface area contributed by atoms with Crippen molar-refractivity contribution in [3.63, 3.8) is 0 Å². The molecule has 1 fully saturated rings. The molecule has 3 unspecified atom stereocenters. The molecule has 16 heavy (non-hydrogen) atoms. The maximum Gasteiger partial charge on any atom is 0.00955 e. The van der Waals surface area contributed by atoms with Crippen LogP contribution >= 0.6 is 0 Å².